The lowest BCUT2D eigenvalue weighted by molar-refractivity contribution is -0.0366. The van der Waals surface area contributed by atoms with Crippen molar-refractivity contribution >= 4 is 39.2 Å². The lowest BCUT2D eigenvalue weighted by Gasteiger charge is -2.38. The van der Waals surface area contributed by atoms with Gasteiger partial charge in [-0.15, -0.1) is 0 Å². The minimum absolute atomic E-state index is 0.0361. The Kier molecular flexibility index (Phi) is 8.17. The molecule has 5 aliphatic rings. The van der Waals surface area contributed by atoms with Gasteiger partial charge in [0.1, 0.15) is 29.8 Å². The molecule has 4 saturated heterocycles. The number of fused-ring (bicyclic) bond motifs is 3. The second kappa shape index (κ2) is 12.5. The summed E-state index contributed by atoms with van der Waals surface area (Å²) < 4.78 is 46.2. The molecule has 0 spiro atoms. The van der Waals surface area contributed by atoms with Crippen LogP contribution in [0.25, 0.3) is 33.1 Å². The Morgan fingerprint density at radius 2 is 1.94 bits per heavy atom. The summed E-state index contributed by atoms with van der Waals surface area (Å²) in [7, 11) is 0. The number of nitrogens with zero attached hydrogens (tertiary/aromatic N) is 7. The maximum absolute atomic E-state index is 17.4. The van der Waals surface area contributed by atoms with Gasteiger partial charge in [-0.1, -0.05) is 11.6 Å². The Labute approximate surface area is 295 Å². The fourth-order valence-corrected chi connectivity index (χ4v) is 9.25. The third-order valence-electron chi connectivity index (χ3n) is 11.7. The molecule has 1 unspecified atom stereocenters. The molecule has 10 nitrogen and oxygen atoms in total. The summed E-state index contributed by atoms with van der Waals surface area (Å²) in [4.78, 5) is 18.5. The Morgan fingerprint density at radius 1 is 1.08 bits per heavy atom. The van der Waals surface area contributed by atoms with Crippen LogP contribution >= 0.6 is 11.6 Å². The Morgan fingerprint density at radius 3 is 2.74 bits per heavy atom. The predicted octanol–water partition coefficient (Wildman–Crippen LogP) is 6.79. The summed E-state index contributed by atoms with van der Waals surface area (Å²) in [6.07, 6.45) is 11.7. The average Bonchev–Trinajstić information content (AvgIpc) is 3.56. The molecule has 4 aliphatic heterocycles. The Balaban J connectivity index is 1.19. The van der Waals surface area contributed by atoms with Crippen molar-refractivity contribution in [1.82, 2.24) is 29.6 Å². The molecule has 0 bridgehead atoms. The Bertz CT molecular complexity index is 1950. The number of benzene rings is 1. The minimum atomic E-state index is -0.932. The van der Waals surface area contributed by atoms with Crippen molar-refractivity contribution < 1.29 is 23.4 Å². The normalized spacial score (nSPS) is 28.9. The van der Waals surface area contributed by atoms with Crippen LogP contribution in [-0.4, -0.2) is 91.4 Å². The summed E-state index contributed by atoms with van der Waals surface area (Å²) in [6, 6.07) is 1.97. The van der Waals surface area contributed by atoms with Crippen molar-refractivity contribution in [3.8, 4) is 17.3 Å². The molecule has 4 aromatic rings. The molecule has 9 rings (SSSR count). The number of piperidine rings is 1. The lowest BCUT2D eigenvalue weighted by atomic mass is 9.94. The maximum Gasteiger partial charge on any atom is 0.319 e. The third-order valence-corrected chi connectivity index (χ3v) is 12.0. The number of halogens is 3. The van der Waals surface area contributed by atoms with E-state index in [-0.39, 0.29) is 30.1 Å². The molecule has 1 aromatic carbocycles. The number of aliphatic hydroxyl groups is 1. The molecule has 3 aromatic heterocycles. The summed E-state index contributed by atoms with van der Waals surface area (Å²) in [6.45, 7) is 4.89. The van der Waals surface area contributed by atoms with Crippen LogP contribution in [0.4, 0.5) is 14.6 Å². The largest absolute Gasteiger partial charge is 0.461 e. The van der Waals surface area contributed by atoms with Gasteiger partial charge < -0.3 is 19.5 Å². The molecule has 7 heterocycles. The molecule has 266 valence electrons. The number of pyridine rings is 1. The highest BCUT2D eigenvalue weighted by molar-refractivity contribution is 6.33. The van der Waals surface area contributed by atoms with Crippen LogP contribution in [0.3, 0.4) is 0 Å². The predicted molar refractivity (Wildman–Crippen MR) is 187 cm³/mol. The van der Waals surface area contributed by atoms with Gasteiger partial charge in [-0.2, -0.15) is 15.1 Å². The molecule has 1 aliphatic carbocycles. The number of hydrogen-bond acceptors (Lipinski definition) is 9. The van der Waals surface area contributed by atoms with Gasteiger partial charge in [-0.25, -0.2) is 13.5 Å². The van der Waals surface area contributed by atoms with Crippen LogP contribution < -0.4 is 9.64 Å². The maximum atomic E-state index is 17.4. The fraction of sp³-hybridized carbons (Fsp3) is 0.622. The number of hydrogen-bond donors (Lipinski definition) is 1. The molecule has 0 amide bonds. The first kappa shape index (κ1) is 32.7. The van der Waals surface area contributed by atoms with E-state index in [4.69, 9.17) is 41.1 Å². The van der Waals surface area contributed by atoms with E-state index in [2.05, 4.69) is 4.90 Å². The fourth-order valence-electron chi connectivity index (χ4n) is 8.97. The minimum Gasteiger partial charge on any atom is -0.461 e. The Hall–Kier alpha value is -3.19. The highest BCUT2D eigenvalue weighted by Gasteiger charge is 2.49. The van der Waals surface area contributed by atoms with E-state index >= 15 is 4.39 Å². The van der Waals surface area contributed by atoms with Crippen LogP contribution in [0, 0.1) is 11.7 Å². The number of alkyl halides is 1. The van der Waals surface area contributed by atoms with E-state index in [1.807, 2.05) is 22.6 Å². The van der Waals surface area contributed by atoms with Crippen LogP contribution in [0.1, 0.15) is 82.9 Å². The average molecular weight is 708 g/mol. The van der Waals surface area contributed by atoms with E-state index < -0.39 is 23.1 Å². The van der Waals surface area contributed by atoms with Gasteiger partial charge in [0.15, 0.2) is 12.0 Å². The molecule has 1 saturated carbocycles. The summed E-state index contributed by atoms with van der Waals surface area (Å²) in [5.41, 5.74) is 1.16. The number of aromatic nitrogens is 5. The molecule has 0 radical (unpaired) electrons. The van der Waals surface area contributed by atoms with Crippen LogP contribution in [0.15, 0.2) is 18.5 Å². The molecular weight excluding hydrogens is 664 g/mol. The van der Waals surface area contributed by atoms with Crippen LogP contribution in [-0.2, 0) is 11.2 Å². The van der Waals surface area contributed by atoms with Gasteiger partial charge in [-0.3, -0.25) is 9.88 Å². The smallest absolute Gasteiger partial charge is 0.319 e. The first-order valence-corrected chi connectivity index (χ1v) is 18.7. The number of anilines is 1. The molecule has 50 heavy (non-hydrogen) atoms. The molecule has 1 N–H and O–H groups in total. The zero-order valence-electron chi connectivity index (χ0n) is 28.5. The highest BCUT2D eigenvalue weighted by Crippen LogP contribution is 2.45. The first-order valence-electron chi connectivity index (χ1n) is 18.3. The SMILES string of the molecule is C[C@@]1(O)CCCN(c2nc(OC[C@@]34CCCN3C[C@H](F)C4)nc3c(F)c(-c4c(CC5CC5)c(Cl)cc5c4cnn5C4CCCCO4)ncc23)C1. The number of ether oxygens (including phenoxy) is 2. The van der Waals surface area contributed by atoms with Crippen molar-refractivity contribution in [2.24, 2.45) is 5.92 Å². The van der Waals surface area contributed by atoms with Crippen LogP contribution in [0.5, 0.6) is 6.01 Å². The zero-order chi connectivity index (χ0) is 34.2. The second-order valence-electron chi connectivity index (χ2n) is 15.6. The third kappa shape index (κ3) is 5.80. The van der Waals surface area contributed by atoms with E-state index in [9.17, 15) is 9.50 Å². The number of β-amino-alcohol motifs (C(OH)–C–C–N with tert-alkyl or cyclic N) is 1. The van der Waals surface area contributed by atoms with Crippen LogP contribution in [0.2, 0.25) is 5.02 Å². The number of rotatable bonds is 8. The summed E-state index contributed by atoms with van der Waals surface area (Å²) >= 11 is 7.07. The second-order valence-corrected chi connectivity index (χ2v) is 16.0. The van der Waals surface area contributed by atoms with Crippen molar-refractivity contribution in [2.75, 3.05) is 44.3 Å². The van der Waals surface area contributed by atoms with E-state index in [1.165, 1.54) is 0 Å². The monoisotopic (exact) mass is 707 g/mol. The van der Waals surface area contributed by atoms with Gasteiger partial charge in [0, 0.05) is 54.8 Å². The zero-order valence-corrected chi connectivity index (χ0v) is 29.3. The quantitative estimate of drug-likeness (QED) is 0.212. The van der Waals surface area contributed by atoms with Gasteiger partial charge in [0.25, 0.3) is 0 Å². The molecule has 13 heteroatoms. The molecule has 5 fully saturated rings. The van der Waals surface area contributed by atoms with Crippen molar-refractivity contribution in [3.05, 3.63) is 34.9 Å². The van der Waals surface area contributed by atoms with Gasteiger partial charge in [0.05, 0.1) is 28.2 Å². The van der Waals surface area contributed by atoms with Crippen molar-refractivity contribution in [2.45, 2.75) is 101 Å². The lowest BCUT2D eigenvalue weighted by Crippen LogP contribution is -2.46. The van der Waals surface area contributed by atoms with E-state index in [0.29, 0.717) is 66.8 Å². The standard InChI is InChI=1S/C37H44ClF2N7O3/c1-36(48)9-4-11-45(20-36)34-26-17-41-33(31(40)32(26)43-35(44-34)50-21-37-10-5-12-46(37)19-23(39)16-37)30-24(14-22-7-8-22)27(38)15-28-25(30)18-42-47(28)29-6-2-3-13-49-29/h15,17-18,22-23,29,48H,2-14,16,19-21H2,1H3/t23-,29?,36-,37+/m1/s1. The van der Waals surface area contributed by atoms with Gasteiger partial charge in [0.2, 0.25) is 0 Å². The van der Waals surface area contributed by atoms with Crippen molar-refractivity contribution in [1.29, 1.82) is 0 Å². The van der Waals surface area contributed by atoms with Crippen molar-refractivity contribution in [3.63, 3.8) is 0 Å². The topological polar surface area (TPSA) is 102 Å². The summed E-state index contributed by atoms with van der Waals surface area (Å²) in [5.74, 6) is 0.362. The summed E-state index contributed by atoms with van der Waals surface area (Å²) in [5, 5.41) is 17.5. The molecular formula is C37H44ClF2N7O3. The van der Waals surface area contributed by atoms with E-state index in [0.717, 1.165) is 80.8 Å². The van der Waals surface area contributed by atoms with Gasteiger partial charge >= 0.3 is 6.01 Å². The van der Waals surface area contributed by atoms with Gasteiger partial charge in [-0.05, 0) is 95.2 Å². The van der Waals surface area contributed by atoms with E-state index in [1.54, 1.807) is 12.4 Å². The molecule has 4 atom stereocenters. The first-order chi connectivity index (χ1) is 24.2. The highest BCUT2D eigenvalue weighted by atomic mass is 35.5.